The molecule has 1 aromatic rings. The Hall–Kier alpha value is -2.08. The molecule has 1 aromatic carbocycles. The lowest BCUT2D eigenvalue weighted by molar-refractivity contribution is -0.182. The molecule has 0 spiro atoms. The van der Waals surface area contributed by atoms with Crippen LogP contribution >= 0.6 is 0 Å². The normalized spacial score (nSPS) is 16.5. The van der Waals surface area contributed by atoms with Gasteiger partial charge in [0.05, 0.1) is 20.3 Å². The highest BCUT2D eigenvalue weighted by atomic mass is 16.5. The summed E-state index contributed by atoms with van der Waals surface area (Å²) in [5.41, 5.74) is -0.977. The highest BCUT2D eigenvalue weighted by Gasteiger charge is 2.53. The summed E-state index contributed by atoms with van der Waals surface area (Å²) in [7, 11) is 1.51. The molecule has 1 aliphatic rings. The minimum Gasteiger partial charge on any atom is -0.497 e. The maximum atomic E-state index is 11.9. The van der Waals surface area contributed by atoms with Gasteiger partial charge in [-0.2, -0.15) is 0 Å². The highest BCUT2D eigenvalue weighted by Crippen LogP contribution is 2.30. The van der Waals surface area contributed by atoms with Gasteiger partial charge in [-0.3, -0.25) is 9.59 Å². The van der Waals surface area contributed by atoms with Crippen LogP contribution in [-0.4, -0.2) is 37.3 Å². The number of carboxylic acids is 1. The van der Waals surface area contributed by atoms with E-state index in [2.05, 4.69) is 5.32 Å². The summed E-state index contributed by atoms with van der Waals surface area (Å²) in [6.07, 6.45) is 0. The van der Waals surface area contributed by atoms with E-state index in [0.29, 0.717) is 11.4 Å². The fourth-order valence-electron chi connectivity index (χ4n) is 1.61. The van der Waals surface area contributed by atoms with Crippen molar-refractivity contribution in [2.75, 3.05) is 25.6 Å². The lowest BCUT2D eigenvalue weighted by Crippen LogP contribution is -2.57. The van der Waals surface area contributed by atoms with Gasteiger partial charge in [-0.25, -0.2) is 0 Å². The van der Waals surface area contributed by atoms with Gasteiger partial charge in [-0.05, 0) is 12.1 Å². The van der Waals surface area contributed by atoms with E-state index in [-0.39, 0.29) is 13.2 Å². The van der Waals surface area contributed by atoms with Gasteiger partial charge in [-0.15, -0.1) is 0 Å². The molecule has 0 unspecified atom stereocenters. The number of hydrogen-bond acceptors (Lipinski definition) is 4. The minimum atomic E-state index is -1.47. The third-order valence-electron chi connectivity index (χ3n) is 2.87. The molecule has 1 aliphatic heterocycles. The van der Waals surface area contributed by atoms with Gasteiger partial charge in [-0.1, -0.05) is 6.07 Å². The first-order chi connectivity index (χ1) is 8.58. The van der Waals surface area contributed by atoms with Gasteiger partial charge in [0.2, 0.25) is 5.91 Å². The van der Waals surface area contributed by atoms with Crippen molar-refractivity contribution in [3.8, 4) is 5.75 Å². The second kappa shape index (κ2) is 4.66. The summed E-state index contributed by atoms with van der Waals surface area (Å²) in [6, 6.07) is 6.72. The number of anilines is 1. The van der Waals surface area contributed by atoms with E-state index in [1.165, 1.54) is 7.11 Å². The highest BCUT2D eigenvalue weighted by molar-refractivity contribution is 6.09. The van der Waals surface area contributed by atoms with Gasteiger partial charge in [0, 0.05) is 11.8 Å². The molecular weight excluding hydrogens is 238 g/mol. The zero-order valence-electron chi connectivity index (χ0n) is 9.80. The van der Waals surface area contributed by atoms with E-state index in [9.17, 15) is 9.59 Å². The van der Waals surface area contributed by atoms with E-state index in [1.807, 2.05) is 0 Å². The fraction of sp³-hybridized carbons (Fsp3) is 0.333. The van der Waals surface area contributed by atoms with Gasteiger partial charge < -0.3 is 19.9 Å². The molecule has 6 nitrogen and oxygen atoms in total. The molecule has 2 N–H and O–H groups in total. The summed E-state index contributed by atoms with van der Waals surface area (Å²) in [4.78, 5) is 23.0. The van der Waals surface area contributed by atoms with Crippen molar-refractivity contribution in [3.63, 3.8) is 0 Å². The summed E-state index contributed by atoms with van der Waals surface area (Å²) in [5.74, 6) is -1.16. The summed E-state index contributed by atoms with van der Waals surface area (Å²) in [5, 5.41) is 11.6. The smallest absolute Gasteiger partial charge is 0.324 e. The van der Waals surface area contributed by atoms with Crippen molar-refractivity contribution in [1.82, 2.24) is 0 Å². The Morgan fingerprint density at radius 1 is 1.44 bits per heavy atom. The number of methoxy groups -OCH3 is 1. The molecule has 2 rings (SSSR count). The molecule has 1 fully saturated rings. The van der Waals surface area contributed by atoms with Gasteiger partial charge >= 0.3 is 5.97 Å². The molecule has 96 valence electrons. The molecule has 0 radical (unpaired) electrons. The van der Waals surface area contributed by atoms with Crippen LogP contribution in [0, 0.1) is 5.41 Å². The van der Waals surface area contributed by atoms with E-state index in [0.717, 1.165) is 0 Å². The Labute approximate surface area is 104 Å². The van der Waals surface area contributed by atoms with E-state index >= 15 is 0 Å². The predicted octanol–water partition coefficient (Wildman–Crippen LogP) is 0.735. The molecule has 6 heteroatoms. The monoisotopic (exact) mass is 251 g/mol. The molecular formula is C12H13NO5. The average molecular weight is 251 g/mol. The van der Waals surface area contributed by atoms with Crippen molar-refractivity contribution in [2.24, 2.45) is 5.41 Å². The number of carboxylic acid groups (broad SMARTS) is 1. The molecule has 1 saturated heterocycles. The van der Waals surface area contributed by atoms with E-state index in [1.54, 1.807) is 24.3 Å². The minimum absolute atomic E-state index is 0.0991. The number of carbonyl (C=O) groups excluding carboxylic acids is 1. The Morgan fingerprint density at radius 3 is 2.67 bits per heavy atom. The second-order valence-corrected chi connectivity index (χ2v) is 4.07. The van der Waals surface area contributed by atoms with E-state index in [4.69, 9.17) is 14.6 Å². The average Bonchev–Trinajstić information content (AvgIpc) is 2.27. The van der Waals surface area contributed by atoms with Crippen molar-refractivity contribution in [2.45, 2.75) is 0 Å². The first-order valence-electron chi connectivity index (χ1n) is 5.35. The van der Waals surface area contributed by atoms with Crippen LogP contribution < -0.4 is 10.1 Å². The molecule has 0 aliphatic carbocycles. The largest absolute Gasteiger partial charge is 0.497 e. The van der Waals surface area contributed by atoms with Gasteiger partial charge in [0.15, 0.2) is 5.41 Å². The number of hydrogen-bond donors (Lipinski definition) is 2. The molecule has 1 heterocycles. The van der Waals surface area contributed by atoms with Crippen LogP contribution in [0.15, 0.2) is 24.3 Å². The number of rotatable bonds is 4. The first-order valence-corrected chi connectivity index (χ1v) is 5.35. The quantitative estimate of drug-likeness (QED) is 0.771. The summed E-state index contributed by atoms with van der Waals surface area (Å²) < 4.78 is 9.85. The summed E-state index contributed by atoms with van der Waals surface area (Å²) >= 11 is 0. The van der Waals surface area contributed by atoms with Crippen LogP contribution in [0.5, 0.6) is 5.75 Å². The van der Waals surface area contributed by atoms with Crippen LogP contribution in [-0.2, 0) is 14.3 Å². The number of nitrogens with one attached hydrogen (secondary N) is 1. The lowest BCUT2D eigenvalue weighted by atomic mass is 9.85. The Balaban J connectivity index is 2.13. The Morgan fingerprint density at radius 2 is 2.17 bits per heavy atom. The number of amides is 1. The lowest BCUT2D eigenvalue weighted by Gasteiger charge is -2.35. The number of benzene rings is 1. The topological polar surface area (TPSA) is 84.9 Å². The molecule has 18 heavy (non-hydrogen) atoms. The number of ether oxygens (including phenoxy) is 2. The Bertz CT molecular complexity index is 481. The van der Waals surface area contributed by atoms with Crippen LogP contribution in [0.3, 0.4) is 0 Å². The van der Waals surface area contributed by atoms with Crippen molar-refractivity contribution in [1.29, 1.82) is 0 Å². The summed E-state index contributed by atoms with van der Waals surface area (Å²) in [6.45, 7) is -0.198. The third-order valence-corrected chi connectivity index (χ3v) is 2.87. The van der Waals surface area contributed by atoms with Gasteiger partial charge in [0.25, 0.3) is 0 Å². The number of carbonyl (C=O) groups is 2. The van der Waals surface area contributed by atoms with Crippen LogP contribution in [0.25, 0.3) is 0 Å². The molecule has 0 aromatic heterocycles. The van der Waals surface area contributed by atoms with Crippen LogP contribution in [0.4, 0.5) is 5.69 Å². The maximum absolute atomic E-state index is 11.9. The molecule has 1 amide bonds. The molecule has 0 saturated carbocycles. The molecule has 0 bridgehead atoms. The van der Waals surface area contributed by atoms with Crippen LogP contribution in [0.1, 0.15) is 0 Å². The van der Waals surface area contributed by atoms with E-state index < -0.39 is 17.3 Å². The standard InChI is InChI=1S/C12H13NO5/c1-17-9-4-2-3-8(5-9)13-10(14)12(11(15)16)6-18-7-12/h2-5H,6-7H2,1H3,(H,13,14)(H,15,16). The maximum Gasteiger partial charge on any atom is 0.324 e. The second-order valence-electron chi connectivity index (χ2n) is 4.07. The SMILES string of the molecule is COc1cccc(NC(=O)C2(C(=O)O)COC2)c1. The van der Waals surface area contributed by atoms with Crippen LogP contribution in [0.2, 0.25) is 0 Å². The first kappa shape index (κ1) is 12.4. The Kier molecular flexibility index (Phi) is 3.20. The van der Waals surface area contributed by atoms with Crippen molar-refractivity contribution >= 4 is 17.6 Å². The third kappa shape index (κ3) is 2.02. The predicted molar refractivity (Wildman–Crippen MR) is 62.5 cm³/mol. The molecule has 0 atom stereocenters. The fourth-order valence-corrected chi connectivity index (χ4v) is 1.61. The van der Waals surface area contributed by atoms with Crippen molar-refractivity contribution in [3.05, 3.63) is 24.3 Å². The van der Waals surface area contributed by atoms with Crippen molar-refractivity contribution < 1.29 is 24.2 Å². The zero-order chi connectivity index (χ0) is 13.2. The number of aliphatic carboxylic acids is 1. The van der Waals surface area contributed by atoms with Gasteiger partial charge in [0.1, 0.15) is 5.75 Å². The zero-order valence-corrected chi connectivity index (χ0v) is 9.80.